The lowest BCUT2D eigenvalue weighted by Gasteiger charge is -1.97. The minimum absolute atomic E-state index is 0.222. The highest BCUT2D eigenvalue weighted by molar-refractivity contribution is 5.96. The van der Waals surface area contributed by atoms with Crippen LogP contribution in [0, 0.1) is 0 Å². The van der Waals surface area contributed by atoms with Crippen LogP contribution in [-0.2, 0) is 9.53 Å². The fourth-order valence-corrected chi connectivity index (χ4v) is 1.74. The molecule has 2 aromatic rings. The van der Waals surface area contributed by atoms with E-state index in [0.717, 1.165) is 17.2 Å². The lowest BCUT2D eigenvalue weighted by molar-refractivity contribution is -0.142. The summed E-state index contributed by atoms with van der Waals surface area (Å²) in [4.78, 5) is 29.1. The molecule has 0 saturated heterocycles. The zero-order chi connectivity index (χ0) is 13.7. The summed E-state index contributed by atoms with van der Waals surface area (Å²) >= 11 is 0. The van der Waals surface area contributed by atoms with Gasteiger partial charge in [-0.1, -0.05) is 12.2 Å². The number of rotatable bonds is 5. The van der Waals surface area contributed by atoms with Crippen LogP contribution in [0.15, 0.2) is 24.5 Å². The molecule has 2 rings (SSSR count). The van der Waals surface area contributed by atoms with Crippen molar-refractivity contribution in [2.45, 2.75) is 13.3 Å². The van der Waals surface area contributed by atoms with E-state index in [2.05, 4.69) is 9.97 Å². The minimum atomic E-state index is -0.261. The van der Waals surface area contributed by atoms with Crippen LogP contribution in [0.25, 0.3) is 17.1 Å². The second-order valence-electron chi connectivity index (χ2n) is 3.94. The summed E-state index contributed by atoms with van der Waals surface area (Å²) < 4.78 is 4.82. The zero-order valence-electron chi connectivity index (χ0n) is 10.6. The van der Waals surface area contributed by atoms with Crippen molar-refractivity contribution in [2.24, 2.45) is 0 Å². The van der Waals surface area contributed by atoms with Crippen molar-refractivity contribution in [3.63, 3.8) is 0 Å². The molecule has 0 fully saturated rings. The van der Waals surface area contributed by atoms with Crippen molar-refractivity contribution in [3.05, 3.63) is 35.7 Å². The number of H-pyrrole nitrogens is 1. The lowest BCUT2D eigenvalue weighted by atomic mass is 10.1. The van der Waals surface area contributed by atoms with Gasteiger partial charge in [0.1, 0.15) is 5.65 Å². The maximum absolute atomic E-state index is 11.2. The number of carbonyl (C=O) groups excluding carboxylic acids is 2. The Labute approximate surface area is 110 Å². The molecular formula is C14H14N2O3. The number of esters is 1. The summed E-state index contributed by atoms with van der Waals surface area (Å²) in [5, 5.41) is 0.772. The highest BCUT2D eigenvalue weighted by Crippen LogP contribution is 2.17. The third-order valence-corrected chi connectivity index (χ3v) is 2.61. The normalized spacial score (nSPS) is 11.0. The van der Waals surface area contributed by atoms with Crippen LogP contribution >= 0.6 is 0 Å². The molecular weight excluding hydrogens is 244 g/mol. The monoisotopic (exact) mass is 258 g/mol. The molecule has 2 heterocycles. The number of aromatic nitrogens is 2. The molecule has 5 nitrogen and oxygen atoms in total. The van der Waals surface area contributed by atoms with Crippen LogP contribution in [0.2, 0.25) is 0 Å². The second kappa shape index (κ2) is 5.95. The minimum Gasteiger partial charge on any atom is -0.466 e. The van der Waals surface area contributed by atoms with Gasteiger partial charge in [0.05, 0.1) is 13.0 Å². The van der Waals surface area contributed by atoms with E-state index in [0.29, 0.717) is 17.8 Å². The lowest BCUT2D eigenvalue weighted by Crippen LogP contribution is -2.01. The average Bonchev–Trinajstić information content (AvgIpc) is 2.81. The SMILES string of the molecule is CCOC(=O)CC=Cc1cnc2[nH]cc(C=O)c2c1. The molecule has 0 spiro atoms. The number of fused-ring (bicyclic) bond motifs is 1. The Balaban J connectivity index is 2.14. The quantitative estimate of drug-likeness (QED) is 0.660. The largest absolute Gasteiger partial charge is 0.466 e. The first-order chi connectivity index (χ1) is 9.24. The molecule has 0 aliphatic carbocycles. The van der Waals surface area contributed by atoms with E-state index in [1.807, 2.05) is 6.07 Å². The number of nitrogens with zero attached hydrogens (tertiary/aromatic N) is 1. The van der Waals surface area contributed by atoms with Gasteiger partial charge < -0.3 is 9.72 Å². The summed E-state index contributed by atoms with van der Waals surface area (Å²) in [6.07, 6.45) is 7.80. The van der Waals surface area contributed by atoms with Crippen LogP contribution in [0.4, 0.5) is 0 Å². The van der Waals surface area contributed by atoms with E-state index < -0.39 is 0 Å². The van der Waals surface area contributed by atoms with E-state index in [-0.39, 0.29) is 12.4 Å². The van der Waals surface area contributed by atoms with Gasteiger partial charge in [0.2, 0.25) is 0 Å². The van der Waals surface area contributed by atoms with Gasteiger partial charge in [-0.2, -0.15) is 0 Å². The molecule has 98 valence electrons. The third-order valence-electron chi connectivity index (χ3n) is 2.61. The van der Waals surface area contributed by atoms with E-state index in [1.165, 1.54) is 0 Å². The van der Waals surface area contributed by atoms with Gasteiger partial charge in [-0.3, -0.25) is 9.59 Å². The van der Waals surface area contributed by atoms with Gasteiger partial charge in [-0.05, 0) is 18.6 Å². The molecule has 0 aromatic carbocycles. The fraction of sp³-hybridized carbons (Fsp3) is 0.214. The van der Waals surface area contributed by atoms with E-state index in [1.54, 1.807) is 31.5 Å². The number of hydrogen-bond donors (Lipinski definition) is 1. The van der Waals surface area contributed by atoms with Crippen molar-refractivity contribution in [3.8, 4) is 0 Å². The molecule has 0 aliphatic rings. The Morgan fingerprint density at radius 3 is 3.11 bits per heavy atom. The van der Waals surface area contributed by atoms with Gasteiger partial charge in [0.15, 0.2) is 6.29 Å². The number of aromatic amines is 1. The first-order valence-corrected chi connectivity index (χ1v) is 5.99. The number of ether oxygens (including phenoxy) is 1. The molecule has 0 amide bonds. The van der Waals surface area contributed by atoms with Crippen LogP contribution in [0.5, 0.6) is 0 Å². The van der Waals surface area contributed by atoms with Crippen molar-refractivity contribution in [2.75, 3.05) is 6.61 Å². The first-order valence-electron chi connectivity index (χ1n) is 5.99. The predicted molar refractivity (Wildman–Crippen MR) is 71.8 cm³/mol. The van der Waals surface area contributed by atoms with Crippen LogP contribution in [0.3, 0.4) is 0 Å². The fourth-order valence-electron chi connectivity index (χ4n) is 1.74. The van der Waals surface area contributed by atoms with Gasteiger partial charge in [-0.25, -0.2) is 4.98 Å². The highest BCUT2D eigenvalue weighted by atomic mass is 16.5. The number of pyridine rings is 1. The summed E-state index contributed by atoms with van der Waals surface area (Å²) in [6.45, 7) is 2.15. The number of aldehydes is 1. The summed E-state index contributed by atoms with van der Waals surface area (Å²) in [5.74, 6) is -0.261. The smallest absolute Gasteiger partial charge is 0.309 e. The Bertz CT molecular complexity index is 629. The van der Waals surface area contributed by atoms with Gasteiger partial charge >= 0.3 is 5.97 Å². The van der Waals surface area contributed by atoms with Crippen LogP contribution < -0.4 is 0 Å². The molecule has 0 radical (unpaired) electrons. The average molecular weight is 258 g/mol. The third kappa shape index (κ3) is 3.07. The second-order valence-corrected chi connectivity index (χ2v) is 3.94. The van der Waals surface area contributed by atoms with Crippen molar-refractivity contribution >= 4 is 29.4 Å². The van der Waals surface area contributed by atoms with E-state index >= 15 is 0 Å². The van der Waals surface area contributed by atoms with Gasteiger partial charge in [0, 0.05) is 23.3 Å². The molecule has 1 N–H and O–H groups in total. The number of hydrogen-bond acceptors (Lipinski definition) is 4. The standard InChI is InChI=1S/C14H14N2O3/c1-2-19-13(18)5-3-4-10-6-12-11(9-17)8-16-14(12)15-7-10/h3-4,6-9H,2,5H2,1H3,(H,15,16). The molecule has 19 heavy (non-hydrogen) atoms. The molecule has 5 heteroatoms. The Morgan fingerprint density at radius 1 is 1.53 bits per heavy atom. The first kappa shape index (κ1) is 13.0. The summed E-state index contributed by atoms with van der Waals surface area (Å²) in [7, 11) is 0. The maximum Gasteiger partial charge on any atom is 0.309 e. The van der Waals surface area contributed by atoms with Crippen molar-refractivity contribution < 1.29 is 14.3 Å². The van der Waals surface area contributed by atoms with Crippen LogP contribution in [0.1, 0.15) is 29.3 Å². The summed E-state index contributed by atoms with van der Waals surface area (Å²) in [6, 6.07) is 1.85. The zero-order valence-corrected chi connectivity index (χ0v) is 10.6. The summed E-state index contributed by atoms with van der Waals surface area (Å²) in [5.41, 5.74) is 2.08. The molecule has 0 atom stereocenters. The molecule has 0 unspecified atom stereocenters. The van der Waals surface area contributed by atoms with Gasteiger partial charge in [-0.15, -0.1) is 0 Å². The number of nitrogens with one attached hydrogen (secondary N) is 1. The molecule has 0 bridgehead atoms. The number of carbonyl (C=O) groups is 2. The van der Waals surface area contributed by atoms with Crippen LogP contribution in [-0.4, -0.2) is 28.8 Å². The van der Waals surface area contributed by atoms with Crippen molar-refractivity contribution in [1.82, 2.24) is 9.97 Å². The highest BCUT2D eigenvalue weighted by Gasteiger charge is 2.04. The Kier molecular flexibility index (Phi) is 4.07. The van der Waals surface area contributed by atoms with Gasteiger partial charge in [0.25, 0.3) is 0 Å². The maximum atomic E-state index is 11.2. The molecule has 0 saturated carbocycles. The van der Waals surface area contributed by atoms with E-state index in [4.69, 9.17) is 4.74 Å². The van der Waals surface area contributed by atoms with Crippen molar-refractivity contribution in [1.29, 1.82) is 0 Å². The Hall–Kier alpha value is -2.43. The van der Waals surface area contributed by atoms with E-state index in [9.17, 15) is 9.59 Å². The molecule has 2 aromatic heterocycles. The topological polar surface area (TPSA) is 72.0 Å². The molecule has 0 aliphatic heterocycles. The predicted octanol–water partition coefficient (Wildman–Crippen LogP) is 2.34. The Morgan fingerprint density at radius 2 is 2.37 bits per heavy atom.